The highest BCUT2D eigenvalue weighted by Crippen LogP contribution is 2.44. The van der Waals surface area contributed by atoms with Crippen LogP contribution in [0.25, 0.3) is 11.1 Å². The highest BCUT2D eigenvalue weighted by molar-refractivity contribution is 5.96. The second kappa shape index (κ2) is 10.4. The third-order valence-corrected chi connectivity index (χ3v) is 6.44. The lowest BCUT2D eigenvalue weighted by Gasteiger charge is -2.18. The highest BCUT2D eigenvalue weighted by Gasteiger charge is 2.29. The van der Waals surface area contributed by atoms with Gasteiger partial charge in [0.15, 0.2) is 0 Å². The van der Waals surface area contributed by atoms with Gasteiger partial charge in [-0.25, -0.2) is 9.59 Å². The molecule has 7 heteroatoms. The van der Waals surface area contributed by atoms with Crippen LogP contribution in [0.15, 0.2) is 66.7 Å². The number of carboxylic acid groups (broad SMARTS) is 1. The minimum absolute atomic E-state index is 0.0385. The second-order valence-corrected chi connectivity index (χ2v) is 8.64. The number of alkyl carbamates (subject to hydrolysis) is 1. The fourth-order valence-corrected chi connectivity index (χ4v) is 4.45. The van der Waals surface area contributed by atoms with E-state index in [4.69, 9.17) is 4.74 Å². The number of hydrogen-bond acceptors (Lipinski definition) is 4. The van der Waals surface area contributed by atoms with Crippen molar-refractivity contribution in [3.05, 3.63) is 89.0 Å². The van der Waals surface area contributed by atoms with Crippen LogP contribution in [0.3, 0.4) is 0 Å². The molecule has 0 spiro atoms. The molecular weight excluding hydrogens is 444 g/mol. The molecule has 2 amide bonds. The van der Waals surface area contributed by atoms with Crippen molar-refractivity contribution in [1.29, 1.82) is 0 Å². The number of fused-ring (bicyclic) bond motifs is 3. The maximum absolute atomic E-state index is 12.7. The summed E-state index contributed by atoms with van der Waals surface area (Å²) in [6.45, 7) is 3.85. The molecule has 1 aliphatic carbocycles. The van der Waals surface area contributed by atoms with Crippen molar-refractivity contribution < 1.29 is 24.2 Å². The summed E-state index contributed by atoms with van der Waals surface area (Å²) in [6.07, 6.45) is -0.0886. The monoisotopic (exact) mass is 472 g/mol. The van der Waals surface area contributed by atoms with E-state index in [-0.39, 0.29) is 30.5 Å². The van der Waals surface area contributed by atoms with Crippen molar-refractivity contribution in [2.75, 3.05) is 18.5 Å². The van der Waals surface area contributed by atoms with Crippen molar-refractivity contribution in [1.82, 2.24) is 5.32 Å². The van der Waals surface area contributed by atoms with Crippen molar-refractivity contribution in [2.24, 2.45) is 5.92 Å². The van der Waals surface area contributed by atoms with E-state index < -0.39 is 18.0 Å². The lowest BCUT2D eigenvalue weighted by Crippen LogP contribution is -2.36. The Morgan fingerprint density at radius 1 is 0.971 bits per heavy atom. The molecule has 0 aromatic heterocycles. The van der Waals surface area contributed by atoms with Crippen LogP contribution in [-0.2, 0) is 9.53 Å². The van der Waals surface area contributed by atoms with Crippen LogP contribution in [0.4, 0.5) is 10.5 Å². The van der Waals surface area contributed by atoms with Crippen LogP contribution in [-0.4, -0.2) is 36.2 Å². The van der Waals surface area contributed by atoms with Gasteiger partial charge >= 0.3 is 12.1 Å². The molecule has 3 aromatic carbocycles. The number of aromatic carboxylic acids is 1. The molecule has 0 saturated carbocycles. The van der Waals surface area contributed by atoms with Crippen LogP contribution in [0.2, 0.25) is 0 Å². The van der Waals surface area contributed by atoms with Gasteiger partial charge in [-0.1, -0.05) is 61.5 Å². The van der Waals surface area contributed by atoms with Crippen molar-refractivity contribution in [2.45, 2.75) is 26.2 Å². The minimum atomic E-state index is -1.05. The fraction of sp³-hybridized carbons (Fsp3) is 0.250. The number of rotatable bonds is 8. The lowest BCUT2D eigenvalue weighted by atomic mass is 9.98. The Bertz CT molecular complexity index is 1220. The number of carboxylic acids is 1. The van der Waals surface area contributed by atoms with E-state index in [1.807, 2.05) is 31.2 Å². The molecule has 1 atom stereocenters. The average molecular weight is 473 g/mol. The number of aryl methyl sites for hydroxylation is 1. The third-order valence-electron chi connectivity index (χ3n) is 6.44. The van der Waals surface area contributed by atoms with Crippen molar-refractivity contribution >= 4 is 23.7 Å². The molecule has 0 radical (unpaired) electrons. The van der Waals surface area contributed by atoms with Gasteiger partial charge in [0.2, 0.25) is 5.91 Å². The lowest BCUT2D eigenvalue weighted by molar-refractivity contribution is -0.119. The summed E-state index contributed by atoms with van der Waals surface area (Å²) < 4.78 is 5.54. The normalized spacial score (nSPS) is 12.9. The Kier molecular flexibility index (Phi) is 7.15. The highest BCUT2D eigenvalue weighted by atomic mass is 16.5. The van der Waals surface area contributed by atoms with E-state index in [0.29, 0.717) is 17.7 Å². The SMILES string of the molecule is CCC(CNC(=O)OCC1c2ccccc2-c2ccccc21)C(=O)Nc1ccc(C)c(C(=O)O)c1. The number of anilines is 1. The first-order valence-electron chi connectivity index (χ1n) is 11.6. The number of nitrogens with one attached hydrogen (secondary N) is 2. The topological polar surface area (TPSA) is 105 Å². The predicted molar refractivity (Wildman–Crippen MR) is 134 cm³/mol. The number of ether oxygens (including phenoxy) is 1. The van der Waals surface area contributed by atoms with Gasteiger partial charge in [-0.05, 0) is 53.3 Å². The van der Waals surface area contributed by atoms with Gasteiger partial charge in [-0.2, -0.15) is 0 Å². The fourth-order valence-electron chi connectivity index (χ4n) is 4.45. The number of carbonyl (C=O) groups is 3. The van der Waals surface area contributed by atoms with Gasteiger partial charge in [0.25, 0.3) is 0 Å². The van der Waals surface area contributed by atoms with Crippen LogP contribution < -0.4 is 10.6 Å². The van der Waals surface area contributed by atoms with E-state index in [2.05, 4.69) is 34.9 Å². The van der Waals surface area contributed by atoms with E-state index in [1.54, 1.807) is 19.1 Å². The Hall–Kier alpha value is -4.13. The van der Waals surface area contributed by atoms with E-state index >= 15 is 0 Å². The molecule has 180 valence electrons. The smallest absolute Gasteiger partial charge is 0.407 e. The summed E-state index contributed by atoms with van der Waals surface area (Å²) in [5, 5.41) is 14.7. The van der Waals surface area contributed by atoms with Gasteiger partial charge in [-0.3, -0.25) is 4.79 Å². The molecule has 7 nitrogen and oxygen atoms in total. The van der Waals surface area contributed by atoms with E-state index in [0.717, 1.165) is 22.3 Å². The van der Waals surface area contributed by atoms with Gasteiger partial charge in [0, 0.05) is 18.2 Å². The summed E-state index contributed by atoms with van der Waals surface area (Å²) in [7, 11) is 0. The maximum Gasteiger partial charge on any atom is 0.407 e. The number of amides is 2. The van der Waals surface area contributed by atoms with Gasteiger partial charge < -0.3 is 20.5 Å². The first kappa shape index (κ1) is 24.0. The number of hydrogen-bond donors (Lipinski definition) is 3. The van der Waals surface area contributed by atoms with E-state index in [9.17, 15) is 19.5 Å². The summed E-state index contributed by atoms with van der Waals surface area (Å²) in [4.78, 5) is 36.5. The zero-order valence-corrected chi connectivity index (χ0v) is 19.7. The zero-order valence-electron chi connectivity index (χ0n) is 19.7. The van der Waals surface area contributed by atoms with Crippen LogP contribution in [0.5, 0.6) is 0 Å². The summed E-state index contributed by atoms with van der Waals surface area (Å²) >= 11 is 0. The zero-order chi connectivity index (χ0) is 24.9. The largest absolute Gasteiger partial charge is 0.478 e. The summed E-state index contributed by atoms with van der Waals surface area (Å²) in [5.74, 6) is -1.89. The molecule has 0 aliphatic heterocycles. The van der Waals surface area contributed by atoms with Crippen LogP contribution in [0.1, 0.15) is 46.3 Å². The minimum Gasteiger partial charge on any atom is -0.478 e. The standard InChI is InChI=1S/C28H28N2O5/c1-3-18(26(31)30-19-13-12-17(2)24(14-19)27(32)33)15-29-28(34)35-16-25-22-10-6-4-8-20(22)21-9-5-7-11-23(21)25/h4-14,18,25H,3,15-16H2,1-2H3,(H,29,34)(H,30,31)(H,32,33). The van der Waals surface area contributed by atoms with Gasteiger partial charge in [0.05, 0.1) is 11.5 Å². The molecule has 1 aliphatic rings. The van der Waals surface area contributed by atoms with Gasteiger partial charge in [-0.15, -0.1) is 0 Å². The molecule has 1 unspecified atom stereocenters. The van der Waals surface area contributed by atoms with Gasteiger partial charge in [0.1, 0.15) is 6.61 Å². The Labute approximate surface area is 204 Å². The number of carbonyl (C=O) groups excluding carboxylic acids is 2. The molecule has 3 aromatic rings. The Morgan fingerprint density at radius 2 is 1.60 bits per heavy atom. The quantitative estimate of drug-likeness (QED) is 0.418. The number of benzene rings is 3. The predicted octanol–water partition coefficient (Wildman–Crippen LogP) is 5.20. The summed E-state index contributed by atoms with van der Waals surface area (Å²) in [5.41, 5.74) is 5.71. The third kappa shape index (κ3) is 5.19. The van der Waals surface area contributed by atoms with Crippen LogP contribution >= 0.6 is 0 Å². The van der Waals surface area contributed by atoms with E-state index in [1.165, 1.54) is 6.07 Å². The second-order valence-electron chi connectivity index (χ2n) is 8.64. The molecular formula is C28H28N2O5. The molecule has 4 rings (SSSR count). The first-order valence-corrected chi connectivity index (χ1v) is 11.6. The molecule has 0 bridgehead atoms. The molecule has 0 fully saturated rings. The molecule has 0 saturated heterocycles. The van der Waals surface area contributed by atoms with Crippen LogP contribution in [0, 0.1) is 12.8 Å². The maximum atomic E-state index is 12.7. The van der Waals surface area contributed by atoms with Crippen molar-refractivity contribution in [3.63, 3.8) is 0 Å². The molecule has 0 heterocycles. The first-order chi connectivity index (χ1) is 16.9. The Morgan fingerprint density at radius 3 is 2.20 bits per heavy atom. The molecule has 35 heavy (non-hydrogen) atoms. The van der Waals surface area contributed by atoms with Crippen molar-refractivity contribution in [3.8, 4) is 11.1 Å². The summed E-state index contributed by atoms with van der Waals surface area (Å²) in [6, 6.07) is 21.0. The molecule has 3 N–H and O–H groups in total. The average Bonchev–Trinajstić information content (AvgIpc) is 3.18. The Balaban J connectivity index is 1.33.